The first-order chi connectivity index (χ1) is 15.4. The van der Waals surface area contributed by atoms with Gasteiger partial charge in [0.25, 0.3) is 0 Å². The van der Waals surface area contributed by atoms with E-state index in [1.54, 1.807) is 0 Å². The topological polar surface area (TPSA) is 77.6 Å². The van der Waals surface area contributed by atoms with Gasteiger partial charge in [-0.2, -0.15) is 0 Å². The molecule has 0 radical (unpaired) electrons. The number of carbonyl (C=O) groups is 2. The Morgan fingerprint density at radius 1 is 0.688 bits per heavy atom. The van der Waals surface area contributed by atoms with Gasteiger partial charge in [0.15, 0.2) is 0 Å². The fourth-order valence-electron chi connectivity index (χ4n) is 3.68. The first kappa shape index (κ1) is 23.6. The number of amides is 2. The summed E-state index contributed by atoms with van der Waals surface area (Å²) in [7, 11) is 0. The summed E-state index contributed by atoms with van der Waals surface area (Å²) in [6, 6.07) is 13.6. The molecule has 0 aliphatic carbocycles. The third-order valence-electron chi connectivity index (χ3n) is 5.70. The number of likely N-dealkylation sites (N-methyl/N-ethyl adjacent to an activating group) is 2. The SMILES string of the molecule is CCN(CC)CC(=O)Nc1ccc2cc3ccc(NC(=O)CN(CC)CC)cc3nc2c1. The first-order valence-corrected chi connectivity index (χ1v) is 11.3. The van der Waals surface area contributed by atoms with Crippen molar-refractivity contribution >= 4 is 45.0 Å². The monoisotopic (exact) mass is 435 g/mol. The fourth-order valence-corrected chi connectivity index (χ4v) is 3.68. The second kappa shape index (κ2) is 11.0. The highest BCUT2D eigenvalue weighted by atomic mass is 16.2. The summed E-state index contributed by atoms with van der Waals surface area (Å²) in [5.41, 5.74) is 3.05. The van der Waals surface area contributed by atoms with Crippen molar-refractivity contribution in [3.8, 4) is 0 Å². The van der Waals surface area contributed by atoms with E-state index < -0.39 is 0 Å². The number of aromatic nitrogens is 1. The van der Waals surface area contributed by atoms with Crippen LogP contribution in [-0.2, 0) is 9.59 Å². The number of hydrogen-bond acceptors (Lipinski definition) is 5. The lowest BCUT2D eigenvalue weighted by molar-refractivity contribution is -0.118. The molecule has 0 saturated heterocycles. The van der Waals surface area contributed by atoms with E-state index in [2.05, 4.69) is 26.5 Å². The molecule has 1 aromatic heterocycles. The highest BCUT2D eigenvalue weighted by Crippen LogP contribution is 2.24. The molecule has 0 unspecified atom stereocenters. The Bertz CT molecular complexity index is 1010. The number of carbonyl (C=O) groups excluding carboxylic acids is 2. The van der Waals surface area contributed by atoms with Gasteiger partial charge >= 0.3 is 0 Å². The summed E-state index contributed by atoms with van der Waals surface area (Å²) in [5, 5.41) is 7.93. The summed E-state index contributed by atoms with van der Waals surface area (Å²) < 4.78 is 0. The van der Waals surface area contributed by atoms with Crippen LogP contribution in [0.4, 0.5) is 11.4 Å². The van der Waals surface area contributed by atoms with Crippen LogP contribution in [0.1, 0.15) is 27.7 Å². The molecule has 3 rings (SSSR count). The standard InChI is InChI=1S/C25H33N5O2/c1-5-29(6-2)16-24(31)26-20-11-9-18-13-19-10-12-21(15-23(19)28-22(18)14-20)27-25(32)17-30(7-3)8-4/h9-15H,5-8,16-17H2,1-4H3,(H,26,31)(H,27,32). The van der Waals surface area contributed by atoms with E-state index in [1.807, 2.05) is 64.1 Å². The van der Waals surface area contributed by atoms with E-state index in [4.69, 9.17) is 4.98 Å². The Morgan fingerprint density at radius 3 is 1.47 bits per heavy atom. The third kappa shape index (κ3) is 6.02. The van der Waals surface area contributed by atoms with E-state index in [0.29, 0.717) is 13.1 Å². The lowest BCUT2D eigenvalue weighted by atomic mass is 10.1. The Kier molecular flexibility index (Phi) is 8.14. The number of hydrogen-bond donors (Lipinski definition) is 2. The Hall–Kier alpha value is -3.03. The van der Waals surface area contributed by atoms with Gasteiger partial charge in [-0.25, -0.2) is 4.98 Å². The molecule has 0 saturated carbocycles. The van der Waals surface area contributed by atoms with Gasteiger partial charge in [-0.15, -0.1) is 0 Å². The summed E-state index contributed by atoms with van der Waals surface area (Å²) in [6.45, 7) is 12.3. The quantitative estimate of drug-likeness (QED) is 0.472. The number of rotatable bonds is 10. The molecule has 7 nitrogen and oxygen atoms in total. The van der Waals surface area contributed by atoms with Crippen molar-refractivity contribution in [1.82, 2.24) is 14.8 Å². The second-order valence-electron chi connectivity index (χ2n) is 7.82. The predicted molar refractivity (Wildman–Crippen MR) is 132 cm³/mol. The van der Waals surface area contributed by atoms with Crippen LogP contribution in [0, 0.1) is 0 Å². The van der Waals surface area contributed by atoms with Crippen molar-refractivity contribution in [1.29, 1.82) is 0 Å². The van der Waals surface area contributed by atoms with Crippen molar-refractivity contribution in [3.63, 3.8) is 0 Å². The maximum atomic E-state index is 12.3. The Labute approximate surface area is 189 Å². The average Bonchev–Trinajstić information content (AvgIpc) is 2.79. The molecule has 1 heterocycles. The van der Waals surface area contributed by atoms with E-state index in [1.165, 1.54) is 0 Å². The Morgan fingerprint density at radius 2 is 1.09 bits per heavy atom. The van der Waals surface area contributed by atoms with Gasteiger partial charge in [-0.3, -0.25) is 19.4 Å². The molecule has 32 heavy (non-hydrogen) atoms. The smallest absolute Gasteiger partial charge is 0.238 e. The maximum absolute atomic E-state index is 12.3. The van der Waals surface area contributed by atoms with Crippen LogP contribution in [0.2, 0.25) is 0 Å². The van der Waals surface area contributed by atoms with Gasteiger partial charge in [0.2, 0.25) is 11.8 Å². The number of pyridine rings is 1. The molecule has 2 N–H and O–H groups in total. The van der Waals surface area contributed by atoms with Crippen molar-refractivity contribution in [2.45, 2.75) is 27.7 Å². The van der Waals surface area contributed by atoms with Gasteiger partial charge in [0.1, 0.15) is 0 Å². The van der Waals surface area contributed by atoms with Crippen molar-refractivity contribution in [3.05, 3.63) is 42.5 Å². The first-order valence-electron chi connectivity index (χ1n) is 11.3. The predicted octanol–water partition coefficient (Wildman–Crippen LogP) is 3.95. The van der Waals surface area contributed by atoms with Gasteiger partial charge in [0, 0.05) is 22.1 Å². The molecular formula is C25H33N5O2. The molecule has 7 heteroatoms. The van der Waals surface area contributed by atoms with Gasteiger partial charge in [0.05, 0.1) is 24.1 Å². The van der Waals surface area contributed by atoms with Crippen molar-refractivity contribution in [2.24, 2.45) is 0 Å². The van der Waals surface area contributed by atoms with Crippen LogP contribution in [0.5, 0.6) is 0 Å². The molecule has 2 aromatic carbocycles. The van der Waals surface area contributed by atoms with Crippen molar-refractivity contribution < 1.29 is 9.59 Å². The number of nitrogens with one attached hydrogen (secondary N) is 2. The lowest BCUT2D eigenvalue weighted by Crippen LogP contribution is -2.32. The van der Waals surface area contributed by atoms with Crippen LogP contribution in [0.25, 0.3) is 21.8 Å². The lowest BCUT2D eigenvalue weighted by Gasteiger charge is -2.17. The molecule has 2 amide bonds. The molecular weight excluding hydrogens is 402 g/mol. The minimum Gasteiger partial charge on any atom is -0.325 e. The van der Waals surface area contributed by atoms with Crippen LogP contribution >= 0.6 is 0 Å². The summed E-state index contributed by atoms with van der Waals surface area (Å²) in [6.07, 6.45) is 0. The van der Waals surface area contributed by atoms with Gasteiger partial charge < -0.3 is 10.6 Å². The van der Waals surface area contributed by atoms with Gasteiger partial charge in [-0.05, 0) is 56.5 Å². The number of fused-ring (bicyclic) bond motifs is 2. The summed E-state index contributed by atoms with van der Waals surface area (Å²) in [4.78, 5) is 33.6. The van der Waals surface area contributed by atoms with E-state index in [-0.39, 0.29) is 11.8 Å². The molecule has 0 aliphatic rings. The maximum Gasteiger partial charge on any atom is 0.238 e. The largest absolute Gasteiger partial charge is 0.325 e. The van der Waals surface area contributed by atoms with Crippen LogP contribution < -0.4 is 10.6 Å². The highest BCUT2D eigenvalue weighted by molar-refractivity contribution is 5.99. The molecule has 170 valence electrons. The number of anilines is 2. The zero-order valence-electron chi connectivity index (χ0n) is 19.4. The summed E-state index contributed by atoms with van der Waals surface area (Å²) >= 11 is 0. The van der Waals surface area contributed by atoms with Crippen molar-refractivity contribution in [2.75, 3.05) is 49.9 Å². The fraction of sp³-hybridized carbons (Fsp3) is 0.400. The summed E-state index contributed by atoms with van der Waals surface area (Å²) in [5.74, 6) is -0.0703. The van der Waals surface area contributed by atoms with Crippen LogP contribution in [0.15, 0.2) is 42.5 Å². The minimum absolute atomic E-state index is 0.0351. The highest BCUT2D eigenvalue weighted by Gasteiger charge is 2.10. The molecule has 0 spiro atoms. The van der Waals surface area contributed by atoms with Gasteiger partial charge in [-0.1, -0.05) is 39.8 Å². The Balaban J connectivity index is 1.79. The molecule has 3 aromatic rings. The third-order valence-corrected chi connectivity index (χ3v) is 5.70. The van der Waals surface area contributed by atoms with E-state index in [9.17, 15) is 9.59 Å². The zero-order valence-corrected chi connectivity index (χ0v) is 19.4. The van der Waals surface area contributed by atoms with Crippen LogP contribution in [0.3, 0.4) is 0 Å². The van der Waals surface area contributed by atoms with E-state index >= 15 is 0 Å². The number of benzene rings is 2. The van der Waals surface area contributed by atoms with Crippen LogP contribution in [-0.4, -0.2) is 65.9 Å². The minimum atomic E-state index is -0.0351. The zero-order chi connectivity index (χ0) is 23.1. The molecule has 0 aliphatic heterocycles. The normalized spacial score (nSPS) is 11.4. The molecule has 0 bridgehead atoms. The molecule has 0 fully saturated rings. The second-order valence-corrected chi connectivity index (χ2v) is 7.82. The average molecular weight is 436 g/mol. The van der Waals surface area contributed by atoms with E-state index in [0.717, 1.165) is 59.4 Å². The number of nitrogens with zero attached hydrogens (tertiary/aromatic N) is 3. The molecule has 0 atom stereocenters.